The lowest BCUT2D eigenvalue weighted by Crippen LogP contribution is -2.32. The zero-order valence-corrected chi connectivity index (χ0v) is 12.9. The van der Waals surface area contributed by atoms with Crippen molar-refractivity contribution in [2.45, 2.75) is 19.9 Å². The fraction of sp³-hybridized carbons (Fsp3) is 0.312. The lowest BCUT2D eigenvalue weighted by atomic mass is 9.98. The first kappa shape index (κ1) is 15.4. The van der Waals surface area contributed by atoms with Gasteiger partial charge in [0.25, 0.3) is 0 Å². The highest BCUT2D eigenvalue weighted by Gasteiger charge is 2.17. The van der Waals surface area contributed by atoms with Crippen LogP contribution in [0, 0.1) is 5.82 Å². The molecule has 0 radical (unpaired) electrons. The molecule has 2 heterocycles. The van der Waals surface area contributed by atoms with Crippen LogP contribution in [0.1, 0.15) is 24.6 Å². The van der Waals surface area contributed by atoms with Crippen LogP contribution in [0.15, 0.2) is 30.5 Å². The summed E-state index contributed by atoms with van der Waals surface area (Å²) in [6.45, 7) is 2.97. The third kappa shape index (κ3) is 3.14. The Bertz CT molecular complexity index is 768. The number of carbonyl (C=O) groups excluding carboxylic acids is 1. The number of aromatic nitrogens is 3. The molecule has 1 aromatic carbocycles. The minimum absolute atomic E-state index is 0.0398. The first-order valence-electron chi connectivity index (χ1n) is 7.44. The van der Waals surface area contributed by atoms with Crippen molar-refractivity contribution in [2.24, 2.45) is 5.73 Å². The zero-order chi connectivity index (χ0) is 16.4. The molecule has 0 bridgehead atoms. The zero-order valence-electron chi connectivity index (χ0n) is 12.9. The number of hydrogen-bond acceptors (Lipinski definition) is 4. The van der Waals surface area contributed by atoms with Gasteiger partial charge in [-0.25, -0.2) is 9.07 Å². The highest BCUT2D eigenvalue weighted by molar-refractivity contribution is 5.76. The molecule has 1 amide bonds. The number of hydrogen-bond donors (Lipinski definition) is 1. The SMILES string of the molecule is CC(=O)N1CC=C(c2ccc(-n3cc(CN)nn3)cc2F)CC1. The Morgan fingerprint density at radius 2 is 2.26 bits per heavy atom. The molecule has 7 heteroatoms. The van der Waals surface area contributed by atoms with Crippen LogP contribution in [0.5, 0.6) is 0 Å². The van der Waals surface area contributed by atoms with E-state index in [1.54, 1.807) is 30.2 Å². The first-order chi connectivity index (χ1) is 11.1. The summed E-state index contributed by atoms with van der Waals surface area (Å²) in [4.78, 5) is 13.1. The minimum atomic E-state index is -0.310. The molecule has 120 valence electrons. The Labute approximate surface area is 133 Å². The summed E-state index contributed by atoms with van der Waals surface area (Å²) in [6.07, 6.45) is 4.24. The number of benzene rings is 1. The van der Waals surface area contributed by atoms with E-state index in [9.17, 15) is 9.18 Å². The van der Waals surface area contributed by atoms with E-state index in [0.717, 1.165) is 5.57 Å². The van der Waals surface area contributed by atoms with Gasteiger partial charge in [-0.15, -0.1) is 5.10 Å². The van der Waals surface area contributed by atoms with Gasteiger partial charge in [0.2, 0.25) is 5.91 Å². The summed E-state index contributed by atoms with van der Waals surface area (Å²) >= 11 is 0. The molecular weight excluding hydrogens is 297 g/mol. The van der Waals surface area contributed by atoms with Crippen LogP contribution in [0.2, 0.25) is 0 Å². The normalized spacial score (nSPS) is 14.7. The second kappa shape index (κ2) is 6.29. The summed E-state index contributed by atoms with van der Waals surface area (Å²) < 4.78 is 16.0. The van der Waals surface area contributed by atoms with Gasteiger partial charge < -0.3 is 10.6 Å². The topological polar surface area (TPSA) is 77.0 Å². The standard InChI is InChI=1S/C16H18FN5O/c1-11(23)21-6-4-12(5-7-21)15-3-2-14(8-16(15)17)22-10-13(9-18)19-20-22/h2-4,8,10H,5-7,9,18H2,1H3. The Morgan fingerprint density at radius 1 is 1.43 bits per heavy atom. The fourth-order valence-electron chi connectivity index (χ4n) is 2.62. The highest BCUT2D eigenvalue weighted by atomic mass is 19.1. The van der Waals surface area contributed by atoms with Crippen molar-refractivity contribution < 1.29 is 9.18 Å². The van der Waals surface area contributed by atoms with Gasteiger partial charge in [0.05, 0.1) is 17.6 Å². The number of halogens is 1. The van der Waals surface area contributed by atoms with Gasteiger partial charge in [-0.2, -0.15) is 0 Å². The average molecular weight is 315 g/mol. The lowest BCUT2D eigenvalue weighted by molar-refractivity contribution is -0.128. The number of amides is 1. The predicted octanol–water partition coefficient (Wildman–Crippen LogP) is 1.50. The molecule has 0 spiro atoms. The van der Waals surface area contributed by atoms with E-state index in [1.165, 1.54) is 10.7 Å². The molecule has 0 saturated heterocycles. The highest BCUT2D eigenvalue weighted by Crippen LogP contribution is 2.26. The van der Waals surface area contributed by atoms with Gasteiger partial charge in [-0.05, 0) is 24.1 Å². The largest absolute Gasteiger partial charge is 0.339 e. The van der Waals surface area contributed by atoms with Crippen LogP contribution in [0.4, 0.5) is 4.39 Å². The smallest absolute Gasteiger partial charge is 0.219 e. The maximum Gasteiger partial charge on any atom is 0.219 e. The summed E-state index contributed by atoms with van der Waals surface area (Å²) in [5, 5.41) is 7.83. The van der Waals surface area contributed by atoms with Gasteiger partial charge in [-0.3, -0.25) is 4.79 Å². The minimum Gasteiger partial charge on any atom is -0.339 e. The number of nitrogens with two attached hydrogens (primary N) is 1. The number of rotatable bonds is 3. The maximum atomic E-state index is 14.5. The van der Waals surface area contributed by atoms with Gasteiger partial charge >= 0.3 is 0 Å². The molecule has 3 rings (SSSR count). The monoisotopic (exact) mass is 315 g/mol. The molecule has 6 nitrogen and oxygen atoms in total. The molecule has 23 heavy (non-hydrogen) atoms. The summed E-state index contributed by atoms with van der Waals surface area (Å²) in [5.41, 5.74) is 8.23. The van der Waals surface area contributed by atoms with Crippen molar-refractivity contribution in [2.75, 3.05) is 13.1 Å². The van der Waals surface area contributed by atoms with Crippen LogP contribution in [-0.4, -0.2) is 38.9 Å². The summed E-state index contributed by atoms with van der Waals surface area (Å²) in [6, 6.07) is 4.97. The molecular formula is C16H18FN5O. The summed E-state index contributed by atoms with van der Waals surface area (Å²) in [5.74, 6) is -0.271. The van der Waals surface area contributed by atoms with E-state index in [4.69, 9.17) is 5.73 Å². The third-order valence-corrected chi connectivity index (χ3v) is 3.97. The van der Waals surface area contributed by atoms with Crippen LogP contribution < -0.4 is 5.73 Å². The summed E-state index contributed by atoms with van der Waals surface area (Å²) in [7, 11) is 0. The van der Waals surface area contributed by atoms with Crippen molar-refractivity contribution in [1.82, 2.24) is 19.9 Å². The van der Waals surface area contributed by atoms with Crippen LogP contribution in [0.25, 0.3) is 11.3 Å². The van der Waals surface area contributed by atoms with Gasteiger partial charge in [0, 0.05) is 38.2 Å². The number of carbonyl (C=O) groups is 1. The van der Waals surface area contributed by atoms with Gasteiger partial charge in [0.15, 0.2) is 0 Å². The molecule has 2 aromatic rings. The molecule has 0 saturated carbocycles. The quantitative estimate of drug-likeness (QED) is 0.931. The molecule has 0 atom stereocenters. The Morgan fingerprint density at radius 3 is 2.83 bits per heavy atom. The molecule has 2 N–H and O–H groups in total. The van der Waals surface area contributed by atoms with Crippen molar-refractivity contribution >= 4 is 11.5 Å². The Balaban J connectivity index is 1.84. The van der Waals surface area contributed by atoms with Gasteiger partial charge in [-0.1, -0.05) is 11.3 Å². The first-order valence-corrected chi connectivity index (χ1v) is 7.44. The maximum absolute atomic E-state index is 14.5. The Kier molecular flexibility index (Phi) is 4.20. The van der Waals surface area contributed by atoms with Crippen LogP contribution in [-0.2, 0) is 11.3 Å². The molecule has 1 aromatic heterocycles. The van der Waals surface area contributed by atoms with Crippen LogP contribution >= 0.6 is 0 Å². The average Bonchev–Trinajstić information content (AvgIpc) is 3.04. The van der Waals surface area contributed by atoms with Crippen molar-refractivity contribution in [3.05, 3.63) is 47.5 Å². The van der Waals surface area contributed by atoms with E-state index in [1.807, 2.05) is 6.08 Å². The van der Waals surface area contributed by atoms with Crippen LogP contribution in [0.3, 0.4) is 0 Å². The third-order valence-electron chi connectivity index (χ3n) is 3.97. The molecule has 0 unspecified atom stereocenters. The van der Waals surface area contributed by atoms with E-state index < -0.39 is 0 Å². The molecule has 1 aliphatic rings. The van der Waals surface area contributed by atoms with E-state index in [0.29, 0.717) is 43.0 Å². The van der Waals surface area contributed by atoms with E-state index in [-0.39, 0.29) is 11.7 Å². The second-order valence-electron chi connectivity index (χ2n) is 5.47. The van der Waals surface area contributed by atoms with Crippen molar-refractivity contribution in [1.29, 1.82) is 0 Å². The van der Waals surface area contributed by atoms with E-state index >= 15 is 0 Å². The molecule has 0 aliphatic carbocycles. The molecule has 0 fully saturated rings. The van der Waals surface area contributed by atoms with Crippen molar-refractivity contribution in [3.8, 4) is 5.69 Å². The number of nitrogens with zero attached hydrogens (tertiary/aromatic N) is 4. The Hall–Kier alpha value is -2.54. The second-order valence-corrected chi connectivity index (χ2v) is 5.47. The fourth-order valence-corrected chi connectivity index (χ4v) is 2.62. The predicted molar refractivity (Wildman–Crippen MR) is 84.1 cm³/mol. The van der Waals surface area contributed by atoms with Gasteiger partial charge in [0.1, 0.15) is 5.82 Å². The molecule has 1 aliphatic heterocycles. The lowest BCUT2D eigenvalue weighted by Gasteiger charge is -2.25. The van der Waals surface area contributed by atoms with Crippen molar-refractivity contribution in [3.63, 3.8) is 0 Å². The van der Waals surface area contributed by atoms with E-state index in [2.05, 4.69) is 10.3 Å².